The molecule has 132 valence electrons. The molecular formula is C19H30N4O. The molecule has 1 aliphatic carbocycles. The van der Waals surface area contributed by atoms with Crippen LogP contribution < -0.4 is 10.2 Å². The van der Waals surface area contributed by atoms with Crippen LogP contribution in [-0.2, 0) is 0 Å². The highest BCUT2D eigenvalue weighted by molar-refractivity contribution is 5.92. The molecule has 0 saturated carbocycles. The first kappa shape index (κ1) is 18.4. The summed E-state index contributed by atoms with van der Waals surface area (Å²) >= 11 is 0. The van der Waals surface area contributed by atoms with Gasteiger partial charge in [0.05, 0.1) is 0 Å². The number of carbonyl (C=O) groups excluding carboxylic acids is 1. The monoisotopic (exact) mass is 330 g/mol. The van der Waals surface area contributed by atoms with E-state index in [9.17, 15) is 4.79 Å². The highest BCUT2D eigenvalue weighted by Gasteiger charge is 2.11. The maximum absolute atomic E-state index is 12.2. The molecule has 5 heteroatoms. The second-order valence-corrected chi connectivity index (χ2v) is 6.38. The number of hydrogen-bond donors (Lipinski definition) is 1. The van der Waals surface area contributed by atoms with E-state index in [0.717, 1.165) is 38.2 Å². The zero-order valence-electron chi connectivity index (χ0n) is 15.1. The van der Waals surface area contributed by atoms with Gasteiger partial charge in [-0.2, -0.15) is 0 Å². The number of allylic oxidation sites excluding steroid dienone is 1. The average Bonchev–Trinajstić information content (AvgIpc) is 2.62. The first-order valence-corrected chi connectivity index (χ1v) is 9.29. The molecule has 1 aromatic heterocycles. The minimum atomic E-state index is -0.136. The van der Waals surface area contributed by atoms with E-state index in [2.05, 4.69) is 40.3 Å². The summed E-state index contributed by atoms with van der Waals surface area (Å²) in [6.45, 7) is 6.90. The second kappa shape index (κ2) is 10.1. The molecule has 1 aliphatic rings. The van der Waals surface area contributed by atoms with Gasteiger partial charge in [0.2, 0.25) is 0 Å². The molecule has 1 amide bonds. The Hall–Kier alpha value is -1.91. The topological polar surface area (TPSA) is 58.1 Å². The van der Waals surface area contributed by atoms with Crippen molar-refractivity contribution in [2.45, 2.75) is 58.8 Å². The van der Waals surface area contributed by atoms with Gasteiger partial charge in [-0.15, -0.1) is 10.2 Å². The maximum atomic E-state index is 12.2. The van der Waals surface area contributed by atoms with Crippen molar-refractivity contribution in [2.24, 2.45) is 0 Å². The van der Waals surface area contributed by atoms with Crippen molar-refractivity contribution in [2.75, 3.05) is 24.5 Å². The van der Waals surface area contributed by atoms with Gasteiger partial charge in [-0.3, -0.25) is 4.79 Å². The fourth-order valence-electron chi connectivity index (χ4n) is 3.05. The van der Waals surface area contributed by atoms with Gasteiger partial charge in [0, 0.05) is 19.6 Å². The molecule has 0 aromatic carbocycles. The number of aromatic nitrogens is 2. The number of carbonyl (C=O) groups is 1. The fraction of sp³-hybridized carbons (Fsp3) is 0.632. The third-order valence-electron chi connectivity index (χ3n) is 4.31. The molecule has 0 atom stereocenters. The summed E-state index contributed by atoms with van der Waals surface area (Å²) in [4.78, 5) is 14.4. The van der Waals surface area contributed by atoms with Crippen molar-refractivity contribution >= 4 is 11.7 Å². The molecule has 24 heavy (non-hydrogen) atoms. The minimum absolute atomic E-state index is 0.136. The smallest absolute Gasteiger partial charge is 0.271 e. The van der Waals surface area contributed by atoms with E-state index in [1.807, 2.05) is 6.07 Å². The van der Waals surface area contributed by atoms with E-state index in [1.54, 1.807) is 6.07 Å². The molecule has 1 N–H and O–H groups in total. The predicted molar refractivity (Wildman–Crippen MR) is 98.3 cm³/mol. The van der Waals surface area contributed by atoms with Crippen molar-refractivity contribution in [3.8, 4) is 0 Å². The van der Waals surface area contributed by atoms with Crippen molar-refractivity contribution < 1.29 is 4.79 Å². The normalized spacial score (nSPS) is 14.2. The van der Waals surface area contributed by atoms with Gasteiger partial charge in [0.1, 0.15) is 0 Å². The molecule has 0 fully saturated rings. The summed E-state index contributed by atoms with van der Waals surface area (Å²) in [6.07, 6.45) is 10.3. The van der Waals surface area contributed by atoms with Crippen molar-refractivity contribution in [3.63, 3.8) is 0 Å². The van der Waals surface area contributed by atoms with E-state index < -0.39 is 0 Å². The van der Waals surface area contributed by atoms with Gasteiger partial charge < -0.3 is 10.2 Å². The molecule has 1 aromatic rings. The van der Waals surface area contributed by atoms with Gasteiger partial charge in [0.15, 0.2) is 11.5 Å². The molecule has 1 heterocycles. The fourth-order valence-corrected chi connectivity index (χ4v) is 3.05. The molecule has 0 unspecified atom stereocenters. The lowest BCUT2D eigenvalue weighted by molar-refractivity contribution is 0.0948. The van der Waals surface area contributed by atoms with E-state index in [1.165, 1.54) is 31.3 Å². The number of rotatable bonds is 9. The number of hydrogen-bond acceptors (Lipinski definition) is 4. The van der Waals surface area contributed by atoms with Crippen LogP contribution in [0, 0.1) is 0 Å². The molecular weight excluding hydrogens is 300 g/mol. The predicted octanol–water partition coefficient (Wildman–Crippen LogP) is 3.72. The standard InChI is InChI=1S/C19H30N4O/c1-3-14-23(15-4-2)18-11-10-17(21-22-18)19(24)20-13-12-16-8-6-5-7-9-16/h8,10-11H,3-7,9,12-15H2,1-2H3,(H,20,24). The van der Waals surface area contributed by atoms with Crippen LogP contribution in [0.15, 0.2) is 23.8 Å². The molecule has 2 rings (SSSR count). The Morgan fingerprint density at radius 1 is 1.17 bits per heavy atom. The zero-order valence-corrected chi connectivity index (χ0v) is 15.1. The van der Waals surface area contributed by atoms with Crippen molar-refractivity contribution in [3.05, 3.63) is 29.5 Å². The largest absolute Gasteiger partial charge is 0.355 e. The van der Waals surface area contributed by atoms with Crippen LogP contribution in [0.2, 0.25) is 0 Å². The maximum Gasteiger partial charge on any atom is 0.271 e. The van der Waals surface area contributed by atoms with Crippen LogP contribution in [0.3, 0.4) is 0 Å². The summed E-state index contributed by atoms with van der Waals surface area (Å²) in [5.74, 6) is 0.714. The highest BCUT2D eigenvalue weighted by atomic mass is 16.1. The van der Waals surface area contributed by atoms with Gasteiger partial charge in [0.25, 0.3) is 5.91 Å². The number of anilines is 1. The van der Waals surface area contributed by atoms with Gasteiger partial charge in [-0.1, -0.05) is 25.5 Å². The molecule has 0 radical (unpaired) electrons. The van der Waals surface area contributed by atoms with Crippen LogP contribution in [0.4, 0.5) is 5.82 Å². The second-order valence-electron chi connectivity index (χ2n) is 6.38. The Labute approximate surface area is 145 Å². The number of nitrogens with zero attached hydrogens (tertiary/aromatic N) is 3. The van der Waals surface area contributed by atoms with Crippen LogP contribution in [0.1, 0.15) is 69.3 Å². The number of amides is 1. The lowest BCUT2D eigenvalue weighted by atomic mass is 9.97. The van der Waals surface area contributed by atoms with Crippen molar-refractivity contribution in [1.29, 1.82) is 0 Å². The third-order valence-corrected chi connectivity index (χ3v) is 4.31. The SMILES string of the molecule is CCCN(CCC)c1ccc(C(=O)NCCC2=CCCCC2)nn1. The van der Waals surface area contributed by atoms with Crippen molar-refractivity contribution in [1.82, 2.24) is 15.5 Å². The summed E-state index contributed by atoms with van der Waals surface area (Å²) in [6, 6.07) is 3.67. The Balaban J connectivity index is 1.84. The zero-order chi connectivity index (χ0) is 17.2. The average molecular weight is 330 g/mol. The van der Waals surface area contributed by atoms with E-state index in [0.29, 0.717) is 12.2 Å². The van der Waals surface area contributed by atoms with Crippen LogP contribution in [0.25, 0.3) is 0 Å². The highest BCUT2D eigenvalue weighted by Crippen LogP contribution is 2.19. The Kier molecular flexibility index (Phi) is 7.72. The van der Waals surface area contributed by atoms with E-state index in [-0.39, 0.29) is 5.91 Å². The Morgan fingerprint density at radius 3 is 2.54 bits per heavy atom. The first-order chi connectivity index (χ1) is 11.7. The van der Waals surface area contributed by atoms with Gasteiger partial charge in [-0.05, 0) is 57.1 Å². The summed E-state index contributed by atoms with van der Waals surface area (Å²) < 4.78 is 0. The summed E-state index contributed by atoms with van der Waals surface area (Å²) in [5, 5.41) is 11.3. The lowest BCUT2D eigenvalue weighted by Gasteiger charge is -2.21. The van der Waals surface area contributed by atoms with Gasteiger partial charge in [-0.25, -0.2) is 0 Å². The third kappa shape index (κ3) is 5.62. The Bertz CT molecular complexity index is 533. The minimum Gasteiger partial charge on any atom is -0.355 e. The summed E-state index contributed by atoms with van der Waals surface area (Å²) in [5.41, 5.74) is 1.86. The van der Waals surface area contributed by atoms with Crippen LogP contribution >= 0.6 is 0 Å². The van der Waals surface area contributed by atoms with E-state index >= 15 is 0 Å². The Morgan fingerprint density at radius 2 is 1.96 bits per heavy atom. The molecule has 0 spiro atoms. The lowest BCUT2D eigenvalue weighted by Crippen LogP contribution is -2.28. The quantitative estimate of drug-likeness (QED) is 0.701. The molecule has 0 aliphatic heterocycles. The molecule has 5 nitrogen and oxygen atoms in total. The molecule has 0 saturated heterocycles. The first-order valence-electron chi connectivity index (χ1n) is 9.29. The van der Waals surface area contributed by atoms with E-state index in [4.69, 9.17) is 0 Å². The number of nitrogens with one attached hydrogen (secondary N) is 1. The van der Waals surface area contributed by atoms with Crippen LogP contribution in [0.5, 0.6) is 0 Å². The molecule has 0 bridgehead atoms. The van der Waals surface area contributed by atoms with Crippen LogP contribution in [-0.4, -0.2) is 35.7 Å². The van der Waals surface area contributed by atoms with Gasteiger partial charge >= 0.3 is 0 Å². The summed E-state index contributed by atoms with van der Waals surface area (Å²) in [7, 11) is 0.